The van der Waals surface area contributed by atoms with Crippen molar-refractivity contribution in [2.45, 2.75) is 31.9 Å². The van der Waals surface area contributed by atoms with Gasteiger partial charge in [0.2, 0.25) is 11.8 Å². The molecule has 9 heteroatoms. The molecule has 1 aromatic heterocycles. The Kier molecular flexibility index (Phi) is 5.28. The van der Waals surface area contributed by atoms with Crippen LogP contribution in [-0.4, -0.2) is 40.5 Å². The van der Waals surface area contributed by atoms with Crippen molar-refractivity contribution in [2.75, 3.05) is 13.1 Å². The summed E-state index contributed by atoms with van der Waals surface area (Å²) >= 11 is 0. The summed E-state index contributed by atoms with van der Waals surface area (Å²) in [4.78, 5) is 8.90. The largest absolute Gasteiger partial charge is 0.490 e. The number of rotatable bonds is 1. The number of alkyl halides is 3. The highest BCUT2D eigenvalue weighted by Crippen LogP contribution is 2.23. The van der Waals surface area contributed by atoms with E-state index in [2.05, 4.69) is 15.5 Å². The zero-order valence-electron chi connectivity index (χ0n) is 10.2. The number of aliphatic carboxylic acids is 1. The summed E-state index contributed by atoms with van der Waals surface area (Å²) in [6.45, 7) is 3.95. The predicted molar refractivity (Wildman–Crippen MR) is 57.6 cm³/mol. The summed E-state index contributed by atoms with van der Waals surface area (Å²) in [6, 6.07) is 0. The van der Waals surface area contributed by atoms with E-state index < -0.39 is 12.1 Å². The number of hydrogen-bond donors (Lipinski definition) is 2. The van der Waals surface area contributed by atoms with Crippen LogP contribution in [-0.2, 0) is 4.79 Å². The topological polar surface area (TPSA) is 88.3 Å². The van der Waals surface area contributed by atoms with E-state index in [1.165, 1.54) is 0 Å². The van der Waals surface area contributed by atoms with Crippen molar-refractivity contribution in [3.05, 3.63) is 11.8 Å². The summed E-state index contributed by atoms with van der Waals surface area (Å²) in [7, 11) is 0. The van der Waals surface area contributed by atoms with Crippen LogP contribution in [0.2, 0.25) is 0 Å². The number of nitrogens with one attached hydrogen (secondary N) is 1. The minimum Gasteiger partial charge on any atom is -0.475 e. The summed E-state index contributed by atoms with van der Waals surface area (Å²) in [5.74, 6) is -0.794. The molecule has 108 valence electrons. The van der Waals surface area contributed by atoms with Crippen molar-refractivity contribution in [3.8, 4) is 0 Å². The van der Waals surface area contributed by atoms with E-state index in [-0.39, 0.29) is 0 Å². The minimum atomic E-state index is -5.08. The number of carbonyl (C=O) groups is 1. The summed E-state index contributed by atoms with van der Waals surface area (Å²) in [5.41, 5.74) is 0. The number of aromatic nitrogens is 2. The van der Waals surface area contributed by atoms with Crippen molar-refractivity contribution >= 4 is 5.97 Å². The first-order valence-corrected chi connectivity index (χ1v) is 5.61. The van der Waals surface area contributed by atoms with Crippen molar-refractivity contribution in [1.82, 2.24) is 15.5 Å². The lowest BCUT2D eigenvalue weighted by Gasteiger charge is -2.18. The van der Waals surface area contributed by atoms with Crippen LogP contribution in [0, 0.1) is 6.92 Å². The maximum absolute atomic E-state index is 10.6. The molecule has 0 bridgehead atoms. The summed E-state index contributed by atoms with van der Waals surface area (Å²) in [6.07, 6.45) is -2.86. The number of piperidine rings is 1. The van der Waals surface area contributed by atoms with Crippen LogP contribution in [0.5, 0.6) is 0 Å². The first-order valence-electron chi connectivity index (χ1n) is 5.61. The lowest BCUT2D eigenvalue weighted by Crippen LogP contribution is -2.26. The molecule has 1 fully saturated rings. The molecule has 1 aromatic rings. The molecule has 1 aliphatic heterocycles. The molecule has 1 saturated heterocycles. The Balaban J connectivity index is 0.000000224. The molecule has 6 nitrogen and oxygen atoms in total. The molecule has 0 unspecified atom stereocenters. The fourth-order valence-corrected chi connectivity index (χ4v) is 1.55. The van der Waals surface area contributed by atoms with Crippen LogP contribution in [0.1, 0.15) is 30.5 Å². The van der Waals surface area contributed by atoms with Gasteiger partial charge in [-0.1, -0.05) is 0 Å². The predicted octanol–water partition coefficient (Wildman–Crippen LogP) is 1.48. The molecule has 0 atom stereocenters. The number of nitrogens with zero attached hydrogens (tertiary/aromatic N) is 2. The van der Waals surface area contributed by atoms with Crippen molar-refractivity contribution in [2.24, 2.45) is 0 Å². The molecule has 1 aliphatic rings. The quantitative estimate of drug-likeness (QED) is 0.810. The fraction of sp³-hybridized carbons (Fsp3) is 0.700. The van der Waals surface area contributed by atoms with Crippen molar-refractivity contribution in [3.63, 3.8) is 0 Å². The van der Waals surface area contributed by atoms with Crippen LogP contribution in [0.3, 0.4) is 0 Å². The van der Waals surface area contributed by atoms with Crippen LogP contribution >= 0.6 is 0 Å². The molecule has 19 heavy (non-hydrogen) atoms. The number of carboxylic acid groups (broad SMARTS) is 1. The van der Waals surface area contributed by atoms with E-state index in [4.69, 9.17) is 14.3 Å². The van der Waals surface area contributed by atoms with E-state index in [1.807, 2.05) is 6.92 Å². The van der Waals surface area contributed by atoms with E-state index in [1.54, 1.807) is 0 Å². The third kappa shape index (κ3) is 5.25. The van der Waals surface area contributed by atoms with Gasteiger partial charge < -0.3 is 14.8 Å². The van der Waals surface area contributed by atoms with Crippen LogP contribution in [0.25, 0.3) is 0 Å². The second-order valence-corrected chi connectivity index (χ2v) is 3.99. The zero-order chi connectivity index (χ0) is 14.5. The highest BCUT2D eigenvalue weighted by Gasteiger charge is 2.38. The normalized spacial score (nSPS) is 16.6. The highest BCUT2D eigenvalue weighted by atomic mass is 19.4. The Bertz CT molecular complexity index is 414. The number of carboxylic acids is 1. The molecular weight excluding hydrogens is 267 g/mol. The number of halogens is 3. The molecule has 2 N–H and O–H groups in total. The first kappa shape index (κ1) is 15.4. The third-order valence-electron chi connectivity index (χ3n) is 2.47. The van der Waals surface area contributed by atoms with E-state index in [0.29, 0.717) is 11.8 Å². The number of hydrogen-bond acceptors (Lipinski definition) is 5. The SMILES string of the molecule is Cc1nnc(C2CCNCC2)o1.O=C(O)C(F)(F)F. The molecule has 0 saturated carbocycles. The monoisotopic (exact) mass is 281 g/mol. The van der Waals surface area contributed by atoms with Crippen molar-refractivity contribution < 1.29 is 27.5 Å². The second-order valence-electron chi connectivity index (χ2n) is 3.99. The Morgan fingerprint density at radius 1 is 1.37 bits per heavy atom. The molecule has 0 aliphatic carbocycles. The zero-order valence-corrected chi connectivity index (χ0v) is 10.2. The molecule has 2 heterocycles. The smallest absolute Gasteiger partial charge is 0.475 e. The Morgan fingerprint density at radius 3 is 2.26 bits per heavy atom. The highest BCUT2D eigenvalue weighted by molar-refractivity contribution is 5.73. The van der Waals surface area contributed by atoms with Gasteiger partial charge in [-0.05, 0) is 25.9 Å². The average molecular weight is 281 g/mol. The third-order valence-corrected chi connectivity index (χ3v) is 2.47. The van der Waals surface area contributed by atoms with Crippen LogP contribution < -0.4 is 5.32 Å². The lowest BCUT2D eigenvalue weighted by molar-refractivity contribution is -0.192. The summed E-state index contributed by atoms with van der Waals surface area (Å²) in [5, 5.41) is 18.3. The van der Waals surface area contributed by atoms with Gasteiger partial charge >= 0.3 is 12.1 Å². The van der Waals surface area contributed by atoms with Crippen LogP contribution in [0.15, 0.2) is 4.42 Å². The van der Waals surface area contributed by atoms with Gasteiger partial charge in [0.1, 0.15) is 0 Å². The van der Waals surface area contributed by atoms with Gasteiger partial charge in [-0.15, -0.1) is 10.2 Å². The average Bonchev–Trinajstić information content (AvgIpc) is 2.77. The Morgan fingerprint density at radius 2 is 1.89 bits per heavy atom. The van der Waals surface area contributed by atoms with Gasteiger partial charge in [-0.25, -0.2) is 4.79 Å². The molecular formula is C10H14F3N3O3. The van der Waals surface area contributed by atoms with Gasteiger partial charge in [-0.2, -0.15) is 13.2 Å². The van der Waals surface area contributed by atoms with Crippen LogP contribution in [0.4, 0.5) is 13.2 Å². The standard InChI is InChI=1S/C8H13N3O.C2HF3O2/c1-6-10-11-8(12-6)7-2-4-9-5-3-7;3-2(4,5)1(6)7/h7,9H,2-5H2,1H3;(H,6,7). The molecule has 2 rings (SSSR count). The summed E-state index contributed by atoms with van der Waals surface area (Å²) < 4.78 is 37.1. The van der Waals surface area contributed by atoms with Gasteiger partial charge in [0.25, 0.3) is 0 Å². The Labute approximate surface area is 107 Å². The number of aryl methyl sites for hydroxylation is 1. The second kappa shape index (κ2) is 6.50. The lowest BCUT2D eigenvalue weighted by atomic mass is 9.98. The van der Waals surface area contributed by atoms with Gasteiger partial charge in [0, 0.05) is 12.8 Å². The van der Waals surface area contributed by atoms with E-state index in [9.17, 15) is 13.2 Å². The molecule has 0 amide bonds. The molecule has 0 radical (unpaired) electrons. The van der Waals surface area contributed by atoms with Crippen molar-refractivity contribution in [1.29, 1.82) is 0 Å². The molecule has 0 spiro atoms. The van der Waals surface area contributed by atoms with E-state index >= 15 is 0 Å². The van der Waals surface area contributed by atoms with Gasteiger partial charge in [-0.3, -0.25) is 0 Å². The fourth-order valence-electron chi connectivity index (χ4n) is 1.55. The first-order chi connectivity index (χ1) is 8.80. The van der Waals surface area contributed by atoms with E-state index in [0.717, 1.165) is 31.8 Å². The van der Waals surface area contributed by atoms with Gasteiger partial charge in [0.05, 0.1) is 0 Å². The maximum Gasteiger partial charge on any atom is 0.490 e. The maximum atomic E-state index is 10.6. The Hall–Kier alpha value is -1.64. The van der Waals surface area contributed by atoms with Gasteiger partial charge in [0.15, 0.2) is 0 Å². The molecule has 0 aromatic carbocycles. The minimum absolute atomic E-state index is 0.479.